The standard InChI is InChI=1S/C15H18N4O/c1-2-19-10-13(9-17-19)18-15(20)12-7-11-5-3-4-6-14(11)16-8-12/h3-6,9-10,12,16H,2,7-8H2,1H3,(H,18,20). The zero-order chi connectivity index (χ0) is 13.9. The minimum Gasteiger partial charge on any atom is -0.384 e. The van der Waals surface area contributed by atoms with Gasteiger partial charge in [0.2, 0.25) is 5.91 Å². The summed E-state index contributed by atoms with van der Waals surface area (Å²) >= 11 is 0. The van der Waals surface area contributed by atoms with Crippen molar-refractivity contribution in [3.63, 3.8) is 0 Å². The second-order valence-corrected chi connectivity index (χ2v) is 5.01. The maximum absolute atomic E-state index is 12.3. The Morgan fingerprint density at radius 1 is 1.50 bits per heavy atom. The Morgan fingerprint density at radius 2 is 2.35 bits per heavy atom. The SMILES string of the molecule is CCn1cc(NC(=O)C2CNc3ccccc3C2)cn1. The van der Waals surface area contributed by atoms with Crippen molar-refractivity contribution in [1.29, 1.82) is 0 Å². The molecule has 1 unspecified atom stereocenters. The number of nitrogens with zero attached hydrogens (tertiary/aromatic N) is 2. The highest BCUT2D eigenvalue weighted by molar-refractivity contribution is 5.93. The molecule has 5 heteroatoms. The molecule has 0 saturated carbocycles. The van der Waals surface area contributed by atoms with Crippen molar-refractivity contribution in [3.8, 4) is 0 Å². The number of benzene rings is 1. The summed E-state index contributed by atoms with van der Waals surface area (Å²) in [6.45, 7) is 3.49. The number of nitrogens with one attached hydrogen (secondary N) is 2. The average Bonchev–Trinajstić information content (AvgIpc) is 2.94. The van der Waals surface area contributed by atoms with E-state index < -0.39 is 0 Å². The van der Waals surface area contributed by atoms with Gasteiger partial charge in [-0.2, -0.15) is 5.10 Å². The summed E-state index contributed by atoms with van der Waals surface area (Å²) in [5.41, 5.74) is 3.09. The number of hydrogen-bond donors (Lipinski definition) is 2. The molecule has 2 N–H and O–H groups in total. The Bertz CT molecular complexity index is 620. The van der Waals surface area contributed by atoms with E-state index in [1.165, 1.54) is 5.56 Å². The second kappa shape index (κ2) is 5.36. The van der Waals surface area contributed by atoms with Crippen molar-refractivity contribution in [2.24, 2.45) is 5.92 Å². The fraction of sp³-hybridized carbons (Fsp3) is 0.333. The number of rotatable bonds is 3. The molecule has 5 nitrogen and oxygen atoms in total. The van der Waals surface area contributed by atoms with Crippen LogP contribution in [0.15, 0.2) is 36.7 Å². The highest BCUT2D eigenvalue weighted by atomic mass is 16.1. The minimum atomic E-state index is -0.0464. The fourth-order valence-corrected chi connectivity index (χ4v) is 2.47. The maximum Gasteiger partial charge on any atom is 0.229 e. The van der Waals surface area contributed by atoms with Gasteiger partial charge in [0, 0.05) is 25.0 Å². The van der Waals surface area contributed by atoms with Crippen LogP contribution in [0.3, 0.4) is 0 Å². The van der Waals surface area contributed by atoms with E-state index in [2.05, 4.69) is 27.9 Å². The molecule has 0 bridgehead atoms. The van der Waals surface area contributed by atoms with E-state index in [0.717, 1.165) is 24.3 Å². The van der Waals surface area contributed by atoms with Crippen molar-refractivity contribution in [1.82, 2.24) is 9.78 Å². The van der Waals surface area contributed by atoms with E-state index >= 15 is 0 Å². The largest absolute Gasteiger partial charge is 0.384 e. The zero-order valence-electron chi connectivity index (χ0n) is 11.5. The van der Waals surface area contributed by atoms with Crippen LogP contribution in [0.2, 0.25) is 0 Å². The van der Waals surface area contributed by atoms with Gasteiger partial charge in [0.05, 0.1) is 17.8 Å². The normalized spacial score (nSPS) is 17.1. The van der Waals surface area contributed by atoms with Crippen molar-refractivity contribution in [2.75, 3.05) is 17.2 Å². The quantitative estimate of drug-likeness (QED) is 0.898. The number of carbonyl (C=O) groups excluding carboxylic acids is 1. The van der Waals surface area contributed by atoms with E-state index in [1.807, 2.05) is 25.3 Å². The molecule has 1 atom stereocenters. The molecule has 1 aliphatic rings. The molecule has 1 aliphatic heterocycles. The maximum atomic E-state index is 12.3. The Labute approximate surface area is 118 Å². The summed E-state index contributed by atoms with van der Waals surface area (Å²) < 4.78 is 1.80. The molecule has 0 fully saturated rings. The Hall–Kier alpha value is -2.30. The van der Waals surface area contributed by atoms with Crippen LogP contribution in [0.5, 0.6) is 0 Å². The van der Waals surface area contributed by atoms with Crippen molar-refractivity contribution >= 4 is 17.3 Å². The molecule has 1 amide bonds. The number of hydrogen-bond acceptors (Lipinski definition) is 3. The first-order chi connectivity index (χ1) is 9.76. The zero-order valence-corrected chi connectivity index (χ0v) is 11.5. The Morgan fingerprint density at radius 3 is 3.15 bits per heavy atom. The number of aromatic nitrogens is 2. The molecule has 1 aromatic carbocycles. The number of carbonyl (C=O) groups is 1. The van der Waals surface area contributed by atoms with E-state index in [9.17, 15) is 4.79 Å². The van der Waals surface area contributed by atoms with E-state index in [4.69, 9.17) is 0 Å². The Kier molecular flexibility index (Phi) is 3.41. The molecule has 2 aromatic rings. The first kappa shape index (κ1) is 12.7. The molecule has 1 aromatic heterocycles. The van der Waals surface area contributed by atoms with E-state index in [0.29, 0.717) is 6.54 Å². The summed E-state index contributed by atoms with van der Waals surface area (Å²) in [6.07, 6.45) is 4.31. The molecule has 104 valence electrons. The molecule has 3 rings (SSSR count). The lowest BCUT2D eigenvalue weighted by Gasteiger charge is -2.25. The van der Waals surface area contributed by atoms with Crippen LogP contribution in [-0.4, -0.2) is 22.2 Å². The van der Waals surface area contributed by atoms with Gasteiger partial charge in [0.1, 0.15) is 0 Å². The van der Waals surface area contributed by atoms with Crippen LogP contribution in [0.4, 0.5) is 11.4 Å². The summed E-state index contributed by atoms with van der Waals surface area (Å²) in [7, 11) is 0. The molecular weight excluding hydrogens is 252 g/mol. The first-order valence-electron chi connectivity index (χ1n) is 6.91. The Balaban J connectivity index is 1.67. The van der Waals surface area contributed by atoms with Gasteiger partial charge in [0.25, 0.3) is 0 Å². The van der Waals surface area contributed by atoms with Crippen molar-refractivity contribution in [2.45, 2.75) is 19.9 Å². The lowest BCUT2D eigenvalue weighted by atomic mass is 9.93. The first-order valence-corrected chi connectivity index (χ1v) is 6.91. The summed E-state index contributed by atoms with van der Waals surface area (Å²) in [5, 5.41) is 10.4. The van der Waals surface area contributed by atoms with Crippen molar-refractivity contribution in [3.05, 3.63) is 42.2 Å². The fourth-order valence-electron chi connectivity index (χ4n) is 2.47. The molecule has 0 radical (unpaired) electrons. The highest BCUT2D eigenvalue weighted by Gasteiger charge is 2.24. The number of aryl methyl sites for hydroxylation is 1. The van der Waals surface area contributed by atoms with E-state index in [-0.39, 0.29) is 11.8 Å². The summed E-state index contributed by atoms with van der Waals surface area (Å²) in [5.74, 6) is -0.00228. The molecule has 2 heterocycles. The smallest absolute Gasteiger partial charge is 0.229 e. The third-order valence-electron chi connectivity index (χ3n) is 3.62. The van der Waals surface area contributed by atoms with Gasteiger partial charge in [-0.15, -0.1) is 0 Å². The third-order valence-corrected chi connectivity index (χ3v) is 3.62. The van der Waals surface area contributed by atoms with Crippen LogP contribution < -0.4 is 10.6 Å². The van der Waals surface area contributed by atoms with Gasteiger partial charge >= 0.3 is 0 Å². The van der Waals surface area contributed by atoms with E-state index in [1.54, 1.807) is 10.9 Å². The lowest BCUT2D eigenvalue weighted by molar-refractivity contribution is -0.119. The number of anilines is 2. The van der Waals surface area contributed by atoms with Gasteiger partial charge in [-0.25, -0.2) is 0 Å². The molecular formula is C15H18N4O. The third kappa shape index (κ3) is 2.52. The van der Waals surface area contributed by atoms with Crippen LogP contribution in [0, 0.1) is 5.92 Å². The van der Waals surface area contributed by atoms with Crippen LogP contribution in [-0.2, 0) is 17.8 Å². The number of para-hydroxylation sites is 1. The molecule has 20 heavy (non-hydrogen) atoms. The monoisotopic (exact) mass is 270 g/mol. The van der Waals surface area contributed by atoms with Gasteiger partial charge in [0.15, 0.2) is 0 Å². The second-order valence-electron chi connectivity index (χ2n) is 5.01. The minimum absolute atomic E-state index is 0.0441. The number of fused-ring (bicyclic) bond motifs is 1. The van der Waals surface area contributed by atoms with Crippen LogP contribution in [0.1, 0.15) is 12.5 Å². The molecule has 0 saturated heterocycles. The van der Waals surface area contributed by atoms with Crippen LogP contribution >= 0.6 is 0 Å². The summed E-state index contributed by atoms with van der Waals surface area (Å²) in [4.78, 5) is 12.3. The molecule has 0 spiro atoms. The average molecular weight is 270 g/mol. The van der Waals surface area contributed by atoms with Gasteiger partial charge in [-0.05, 0) is 25.0 Å². The predicted molar refractivity (Wildman–Crippen MR) is 78.7 cm³/mol. The predicted octanol–water partition coefficient (Wildman–Crippen LogP) is 2.13. The van der Waals surface area contributed by atoms with Crippen molar-refractivity contribution < 1.29 is 4.79 Å². The molecule has 0 aliphatic carbocycles. The highest BCUT2D eigenvalue weighted by Crippen LogP contribution is 2.24. The topological polar surface area (TPSA) is 59.0 Å². The van der Waals surface area contributed by atoms with Gasteiger partial charge < -0.3 is 10.6 Å². The summed E-state index contributed by atoms with van der Waals surface area (Å²) in [6, 6.07) is 8.13. The van der Waals surface area contributed by atoms with Crippen LogP contribution in [0.25, 0.3) is 0 Å². The lowest BCUT2D eigenvalue weighted by Crippen LogP contribution is -2.33. The van der Waals surface area contributed by atoms with Gasteiger partial charge in [-0.1, -0.05) is 18.2 Å². The number of amides is 1. The van der Waals surface area contributed by atoms with Gasteiger partial charge in [-0.3, -0.25) is 9.48 Å².